The van der Waals surface area contributed by atoms with Gasteiger partial charge in [0.1, 0.15) is 17.2 Å². The van der Waals surface area contributed by atoms with E-state index in [0.717, 1.165) is 52.9 Å². The van der Waals surface area contributed by atoms with Gasteiger partial charge in [-0.3, -0.25) is 0 Å². The van der Waals surface area contributed by atoms with Gasteiger partial charge in [-0.2, -0.15) is 5.26 Å². The highest BCUT2D eigenvalue weighted by atomic mass is 32.2. The van der Waals surface area contributed by atoms with Crippen LogP contribution in [-0.2, 0) is 19.3 Å². The fourth-order valence-electron chi connectivity index (χ4n) is 9.27. The molecule has 4 atom stereocenters. The van der Waals surface area contributed by atoms with Crippen molar-refractivity contribution < 1.29 is 14.9 Å². The van der Waals surface area contributed by atoms with E-state index in [2.05, 4.69) is 122 Å². The Bertz CT molecular complexity index is 2440. The van der Waals surface area contributed by atoms with E-state index in [4.69, 9.17) is 15.1 Å². The topological polar surface area (TPSA) is 80.0 Å². The van der Waals surface area contributed by atoms with Gasteiger partial charge in [-0.25, -0.2) is 0 Å². The number of nitriles is 1. The van der Waals surface area contributed by atoms with Gasteiger partial charge < -0.3 is 24.7 Å². The zero-order valence-electron chi connectivity index (χ0n) is 41.7. The molecule has 6 nitrogen and oxygen atoms in total. The maximum absolute atomic E-state index is 9.34. The Morgan fingerprint density at radius 3 is 1.94 bits per heavy atom. The van der Waals surface area contributed by atoms with E-state index in [9.17, 15) is 5.11 Å². The Morgan fingerprint density at radius 1 is 0.667 bits per heavy atom. The smallest absolute Gasteiger partial charge is 0.133 e. The highest BCUT2D eigenvalue weighted by molar-refractivity contribution is 7.99. The number of hydrogen-bond acceptors (Lipinski definition) is 8. The monoisotopic (exact) mass is 962 g/mol. The molecule has 0 spiro atoms. The number of phenolic OH excluding ortho intramolecular Hbond substituents is 2. The molecule has 2 N–H and O–H groups in total. The number of fused-ring (bicyclic) bond motifs is 2. The minimum absolute atomic E-state index is 0.307. The van der Waals surface area contributed by atoms with Crippen molar-refractivity contribution in [1.29, 1.82) is 5.26 Å². The van der Waals surface area contributed by atoms with Crippen LogP contribution in [0.15, 0.2) is 155 Å². The van der Waals surface area contributed by atoms with Crippen molar-refractivity contribution in [3.05, 3.63) is 185 Å². The number of phenols is 2. The number of aromatic hydroxyl groups is 2. The van der Waals surface area contributed by atoms with Crippen molar-refractivity contribution in [2.24, 2.45) is 11.8 Å². The number of rotatable bonds is 9. The van der Waals surface area contributed by atoms with E-state index in [0.29, 0.717) is 16.7 Å². The van der Waals surface area contributed by atoms with E-state index >= 15 is 0 Å². The highest BCUT2D eigenvalue weighted by Gasteiger charge is 2.25. The van der Waals surface area contributed by atoms with Crippen LogP contribution in [0.3, 0.4) is 0 Å². The molecule has 0 saturated carbocycles. The van der Waals surface area contributed by atoms with Gasteiger partial charge in [-0.05, 0) is 174 Å². The van der Waals surface area contributed by atoms with Gasteiger partial charge in [0.25, 0.3) is 0 Å². The second-order valence-corrected chi connectivity index (χ2v) is 21.6. The zero-order chi connectivity index (χ0) is 48.8. The summed E-state index contributed by atoms with van der Waals surface area (Å²) in [5, 5.41) is 27.4. The van der Waals surface area contributed by atoms with Crippen molar-refractivity contribution in [3.63, 3.8) is 0 Å². The molecule has 2 fully saturated rings. The first-order valence-corrected chi connectivity index (χ1v) is 27.0. The van der Waals surface area contributed by atoms with Gasteiger partial charge in [-0.1, -0.05) is 122 Å². The molecule has 0 amide bonds. The number of aryl methyl sites for hydroxylation is 5. The number of thioether (sulfide) groups is 2. The summed E-state index contributed by atoms with van der Waals surface area (Å²) in [6.07, 6.45) is 10.1. The van der Waals surface area contributed by atoms with E-state index in [1.807, 2.05) is 55.1 Å². The van der Waals surface area contributed by atoms with Crippen LogP contribution in [0.5, 0.6) is 17.2 Å². The van der Waals surface area contributed by atoms with Crippen LogP contribution in [-0.4, -0.2) is 71.1 Å². The van der Waals surface area contributed by atoms with Crippen LogP contribution >= 0.6 is 23.5 Å². The molecule has 0 aliphatic carbocycles. The molecule has 6 aromatic rings. The molecule has 364 valence electrons. The van der Waals surface area contributed by atoms with E-state index < -0.39 is 0 Å². The van der Waals surface area contributed by atoms with Gasteiger partial charge in [-0.15, -0.1) is 23.5 Å². The molecule has 0 aromatic heterocycles. The molecule has 8 heteroatoms. The molecule has 0 bridgehead atoms. The van der Waals surface area contributed by atoms with Crippen LogP contribution < -0.4 is 4.74 Å². The number of hydrogen-bond donors (Lipinski definition) is 2. The van der Waals surface area contributed by atoms with Crippen molar-refractivity contribution in [2.45, 2.75) is 107 Å². The molecule has 10 rings (SSSR count). The van der Waals surface area contributed by atoms with Gasteiger partial charge >= 0.3 is 0 Å². The summed E-state index contributed by atoms with van der Waals surface area (Å²) in [6, 6.07) is 51.5. The van der Waals surface area contributed by atoms with Crippen molar-refractivity contribution >= 4 is 23.5 Å². The average Bonchev–Trinajstić information content (AvgIpc) is 3.94. The minimum atomic E-state index is 0.307. The predicted octanol–water partition coefficient (Wildman–Crippen LogP) is 14.5. The van der Waals surface area contributed by atoms with Crippen LogP contribution in [0.1, 0.15) is 97.1 Å². The van der Waals surface area contributed by atoms with Crippen molar-refractivity contribution in [1.82, 2.24) is 9.80 Å². The van der Waals surface area contributed by atoms with E-state index in [-0.39, 0.29) is 0 Å². The lowest BCUT2D eigenvalue weighted by Crippen LogP contribution is -2.28. The summed E-state index contributed by atoms with van der Waals surface area (Å²) in [5.41, 5.74) is 8.97. The second kappa shape index (κ2) is 28.5. The molecule has 3 unspecified atom stereocenters. The Morgan fingerprint density at radius 2 is 1.32 bits per heavy atom. The second-order valence-electron chi connectivity index (χ2n) is 19.2. The molecule has 4 heterocycles. The lowest BCUT2D eigenvalue weighted by molar-refractivity contribution is 0.262. The Hall–Kier alpha value is -5.17. The maximum Gasteiger partial charge on any atom is 0.133 e. The zero-order valence-corrected chi connectivity index (χ0v) is 43.4. The molecule has 4 aliphatic heterocycles. The molecular weight excluding hydrogens is 887 g/mol. The van der Waals surface area contributed by atoms with E-state index in [1.54, 1.807) is 42.1 Å². The third-order valence-electron chi connectivity index (χ3n) is 13.1. The quantitative estimate of drug-likeness (QED) is 0.148. The summed E-state index contributed by atoms with van der Waals surface area (Å²) in [6.45, 7) is 18.5. The van der Waals surface area contributed by atoms with Crippen LogP contribution in [0.4, 0.5) is 0 Å². The Kier molecular flexibility index (Phi) is 22.0. The molecule has 2 saturated heterocycles. The number of likely N-dealkylation sites (tertiary alicyclic amines) is 2. The molecule has 4 aliphatic rings. The van der Waals surface area contributed by atoms with Crippen LogP contribution in [0.25, 0.3) is 0 Å². The lowest BCUT2D eigenvalue weighted by atomic mass is 10.0. The largest absolute Gasteiger partial charge is 0.508 e. The van der Waals surface area contributed by atoms with E-state index in [1.165, 1.54) is 116 Å². The third kappa shape index (κ3) is 18.6. The normalized spacial score (nSPS) is 19.2. The number of ether oxygens (including phenoxy) is 1. The first kappa shape index (κ1) is 53.2. The average molecular weight is 962 g/mol. The van der Waals surface area contributed by atoms with Crippen molar-refractivity contribution in [2.75, 3.05) is 45.1 Å². The van der Waals surface area contributed by atoms with Gasteiger partial charge in [0.2, 0.25) is 0 Å². The summed E-state index contributed by atoms with van der Waals surface area (Å²) < 4.78 is 5.35. The highest BCUT2D eigenvalue weighted by Crippen LogP contribution is 2.45. The standard InChI is InChI=1S/C16H16OS.C15H23N.C14H21N.C8H7N.C8H8O2S/c1-11-2-3-13-6-9-15(18-16(13)10-11)12-4-7-14(17)8-5-12;1-13-11-14(2)16(12-13)10-6-9-15-7-4-3-5-8-15;1-13-9-11-15(12-13)10-5-8-14-6-3-2-4-7-14;1-7-2-4-8(6-9)5-3-7;9-6-1-2-7-8(5-6)11-4-3-10-7/h2-5,7-8,10,15,17H,6,9H2,1H3;3-5,7-8,13-14H,6,9-12H2,1-2H3;2-4,6-7,13H,5,8-12H2,1H3;2-5H,1H3;1-2,5,9H,3-4H2/t15-;;;;/m0..../s1. The van der Waals surface area contributed by atoms with Crippen LogP contribution in [0.2, 0.25) is 0 Å². The summed E-state index contributed by atoms with van der Waals surface area (Å²) >= 11 is 3.67. The first-order chi connectivity index (χ1) is 33.5. The van der Waals surface area contributed by atoms with Crippen LogP contribution in [0, 0.1) is 37.0 Å². The SMILES string of the molecule is CC1CC(C)N(CCCc2ccccc2)C1.CC1CCN(CCCc2ccccc2)C1.Cc1ccc(C#N)cc1.Cc1ccc2c(c1)S[C@H](c1ccc(O)cc1)CC2.Oc1ccc2c(c1)SCCO2. The molecule has 69 heavy (non-hydrogen) atoms. The predicted molar refractivity (Wildman–Crippen MR) is 291 cm³/mol. The molecule has 6 aromatic carbocycles. The minimum Gasteiger partial charge on any atom is -0.508 e. The summed E-state index contributed by atoms with van der Waals surface area (Å²) in [7, 11) is 0. The first-order valence-electron chi connectivity index (χ1n) is 25.2. The summed E-state index contributed by atoms with van der Waals surface area (Å²) in [5.74, 6) is 4.32. The van der Waals surface area contributed by atoms with Gasteiger partial charge in [0, 0.05) is 35.0 Å². The van der Waals surface area contributed by atoms with Gasteiger partial charge in [0.15, 0.2) is 0 Å². The molecular formula is C61H75N3O3S2. The molecule has 0 radical (unpaired) electrons. The number of nitrogens with zero attached hydrogens (tertiary/aromatic N) is 3. The lowest BCUT2D eigenvalue weighted by Gasteiger charge is -2.24. The maximum atomic E-state index is 9.34. The fourth-order valence-corrected chi connectivity index (χ4v) is 11.5. The van der Waals surface area contributed by atoms with Gasteiger partial charge in [0.05, 0.1) is 23.1 Å². The summed E-state index contributed by atoms with van der Waals surface area (Å²) in [4.78, 5) is 7.71. The van der Waals surface area contributed by atoms with Crippen molar-refractivity contribution in [3.8, 4) is 23.3 Å². The Balaban J connectivity index is 0.000000144. The number of benzene rings is 6. The Labute approximate surface area is 423 Å². The third-order valence-corrected chi connectivity index (χ3v) is 15.5. The fraction of sp³-hybridized carbons (Fsp3) is 0.393.